The Bertz CT molecular complexity index is 969. The fourth-order valence-electron chi connectivity index (χ4n) is 3.42. The maximum absolute atomic E-state index is 12.5. The molecule has 0 radical (unpaired) electrons. The lowest BCUT2D eigenvalue weighted by atomic mass is 10.1. The van der Waals surface area contributed by atoms with Gasteiger partial charge in [0.2, 0.25) is 5.91 Å². The van der Waals surface area contributed by atoms with Gasteiger partial charge >= 0.3 is 0 Å². The van der Waals surface area contributed by atoms with Crippen molar-refractivity contribution in [3.05, 3.63) is 54.4 Å². The van der Waals surface area contributed by atoms with Crippen molar-refractivity contribution >= 4 is 23.4 Å². The summed E-state index contributed by atoms with van der Waals surface area (Å²) >= 11 is 1.39. The summed E-state index contributed by atoms with van der Waals surface area (Å²) in [6.45, 7) is 3.57. The highest BCUT2D eigenvalue weighted by atomic mass is 32.2. The summed E-state index contributed by atoms with van der Waals surface area (Å²) in [6, 6.07) is 11.8. The minimum absolute atomic E-state index is 0.0682. The first-order valence-corrected chi connectivity index (χ1v) is 11.2. The van der Waals surface area contributed by atoms with Crippen molar-refractivity contribution in [2.24, 2.45) is 0 Å². The summed E-state index contributed by atoms with van der Waals surface area (Å²) in [5.74, 6) is 0.961. The van der Waals surface area contributed by atoms with E-state index in [0.717, 1.165) is 42.9 Å². The van der Waals surface area contributed by atoms with Crippen molar-refractivity contribution in [2.45, 2.75) is 44.0 Å². The summed E-state index contributed by atoms with van der Waals surface area (Å²) in [4.78, 5) is 16.5. The van der Waals surface area contributed by atoms with Crippen molar-refractivity contribution in [3.63, 3.8) is 0 Å². The highest BCUT2D eigenvalue weighted by molar-refractivity contribution is 7.99. The molecule has 1 aromatic carbocycles. The number of anilines is 1. The van der Waals surface area contributed by atoms with Crippen LogP contribution in [0.4, 0.5) is 5.69 Å². The molecule has 4 rings (SSSR count). The van der Waals surface area contributed by atoms with Gasteiger partial charge in [0.15, 0.2) is 11.0 Å². The number of thioether (sulfide) groups is 1. The Kier molecular flexibility index (Phi) is 6.76. The number of nitrogens with zero attached hydrogens (tertiary/aromatic N) is 4. The SMILES string of the molecule is CCc1ccc(NC(=O)CSc2nnc(-c3ccncc3)n2C[C@@H]2CCCO2)cc1. The van der Waals surface area contributed by atoms with Gasteiger partial charge in [0.25, 0.3) is 0 Å². The van der Waals surface area contributed by atoms with Gasteiger partial charge in [0.05, 0.1) is 18.4 Å². The molecule has 1 amide bonds. The smallest absolute Gasteiger partial charge is 0.234 e. The summed E-state index contributed by atoms with van der Waals surface area (Å²) in [6.07, 6.45) is 6.69. The average molecular weight is 424 g/mol. The Morgan fingerprint density at radius 3 is 2.70 bits per heavy atom. The molecule has 8 heteroatoms. The van der Waals surface area contributed by atoms with Gasteiger partial charge in [-0.2, -0.15) is 0 Å². The van der Waals surface area contributed by atoms with Crippen LogP contribution in [0.5, 0.6) is 0 Å². The fourth-order valence-corrected chi connectivity index (χ4v) is 4.17. The predicted molar refractivity (Wildman–Crippen MR) is 117 cm³/mol. The first-order valence-electron chi connectivity index (χ1n) is 10.2. The molecule has 3 heterocycles. The summed E-state index contributed by atoms with van der Waals surface area (Å²) < 4.78 is 7.87. The number of nitrogens with one attached hydrogen (secondary N) is 1. The minimum atomic E-state index is -0.0682. The quantitative estimate of drug-likeness (QED) is 0.555. The van der Waals surface area contributed by atoms with E-state index < -0.39 is 0 Å². The van der Waals surface area contributed by atoms with Crippen molar-refractivity contribution in [1.82, 2.24) is 19.7 Å². The Hall–Kier alpha value is -2.71. The van der Waals surface area contributed by atoms with Gasteiger partial charge in [-0.3, -0.25) is 14.3 Å². The van der Waals surface area contributed by atoms with E-state index in [1.807, 2.05) is 36.4 Å². The van der Waals surface area contributed by atoms with E-state index in [0.29, 0.717) is 11.7 Å². The molecule has 1 aliphatic rings. The monoisotopic (exact) mass is 423 g/mol. The lowest BCUT2D eigenvalue weighted by Gasteiger charge is -2.14. The van der Waals surface area contributed by atoms with Crippen molar-refractivity contribution < 1.29 is 9.53 Å². The molecule has 1 N–H and O–H groups in total. The summed E-state index contributed by atoms with van der Waals surface area (Å²) in [5.41, 5.74) is 2.99. The van der Waals surface area contributed by atoms with Crippen LogP contribution >= 0.6 is 11.8 Å². The number of hydrogen-bond donors (Lipinski definition) is 1. The molecular formula is C22H25N5O2S. The zero-order chi connectivity index (χ0) is 20.8. The van der Waals surface area contributed by atoms with Crippen LogP contribution in [0.25, 0.3) is 11.4 Å². The second-order valence-corrected chi connectivity index (χ2v) is 8.12. The van der Waals surface area contributed by atoms with Gasteiger partial charge in [-0.15, -0.1) is 10.2 Å². The van der Waals surface area contributed by atoms with Crippen LogP contribution in [0, 0.1) is 0 Å². The number of carbonyl (C=O) groups is 1. The van der Waals surface area contributed by atoms with E-state index in [2.05, 4.69) is 32.0 Å². The fraction of sp³-hybridized carbons (Fsp3) is 0.364. The molecular weight excluding hydrogens is 398 g/mol. The van der Waals surface area contributed by atoms with Gasteiger partial charge < -0.3 is 10.1 Å². The molecule has 30 heavy (non-hydrogen) atoms. The number of hydrogen-bond acceptors (Lipinski definition) is 6. The zero-order valence-corrected chi connectivity index (χ0v) is 17.8. The predicted octanol–water partition coefficient (Wildman–Crippen LogP) is 3.81. The Morgan fingerprint density at radius 1 is 1.20 bits per heavy atom. The van der Waals surface area contributed by atoms with Crippen molar-refractivity contribution in [2.75, 3.05) is 17.7 Å². The molecule has 0 unspecified atom stereocenters. The van der Waals surface area contributed by atoms with E-state index in [1.54, 1.807) is 12.4 Å². The largest absolute Gasteiger partial charge is 0.376 e. The van der Waals surface area contributed by atoms with Crippen molar-refractivity contribution in [3.8, 4) is 11.4 Å². The molecule has 3 aromatic rings. The Balaban J connectivity index is 1.45. The van der Waals surface area contributed by atoms with Crippen LogP contribution in [0.3, 0.4) is 0 Å². The lowest BCUT2D eigenvalue weighted by Crippen LogP contribution is -2.18. The highest BCUT2D eigenvalue weighted by Gasteiger charge is 2.22. The van der Waals surface area contributed by atoms with E-state index in [4.69, 9.17) is 4.74 Å². The van der Waals surface area contributed by atoms with Crippen LogP contribution in [0.2, 0.25) is 0 Å². The van der Waals surface area contributed by atoms with Crippen molar-refractivity contribution in [1.29, 1.82) is 0 Å². The lowest BCUT2D eigenvalue weighted by molar-refractivity contribution is -0.113. The summed E-state index contributed by atoms with van der Waals surface area (Å²) in [7, 11) is 0. The number of benzene rings is 1. The van der Waals surface area contributed by atoms with Gasteiger partial charge in [0, 0.05) is 30.3 Å². The third-order valence-corrected chi connectivity index (χ3v) is 6.01. The van der Waals surface area contributed by atoms with Gasteiger partial charge in [-0.25, -0.2) is 0 Å². The van der Waals surface area contributed by atoms with Crippen LogP contribution in [0.15, 0.2) is 53.9 Å². The van der Waals surface area contributed by atoms with E-state index >= 15 is 0 Å². The van der Waals surface area contributed by atoms with Crippen LogP contribution in [0.1, 0.15) is 25.3 Å². The third-order valence-electron chi connectivity index (χ3n) is 5.04. The molecule has 0 bridgehead atoms. The number of ether oxygens (including phenoxy) is 1. The van der Waals surface area contributed by atoms with E-state index in [9.17, 15) is 4.79 Å². The van der Waals surface area contributed by atoms with E-state index in [1.165, 1.54) is 17.3 Å². The number of carbonyl (C=O) groups excluding carboxylic acids is 1. The van der Waals surface area contributed by atoms with Gasteiger partial charge in [-0.05, 0) is 49.1 Å². The first kappa shape index (κ1) is 20.6. The van der Waals surface area contributed by atoms with E-state index in [-0.39, 0.29) is 17.8 Å². The second-order valence-electron chi connectivity index (χ2n) is 7.18. The number of aromatic nitrogens is 4. The molecule has 0 saturated carbocycles. The zero-order valence-electron chi connectivity index (χ0n) is 17.0. The first-order chi connectivity index (χ1) is 14.7. The Morgan fingerprint density at radius 2 is 2.00 bits per heavy atom. The number of pyridine rings is 1. The average Bonchev–Trinajstić information content (AvgIpc) is 3.44. The van der Waals surface area contributed by atoms with Gasteiger partial charge in [-0.1, -0.05) is 30.8 Å². The third kappa shape index (κ3) is 5.06. The van der Waals surface area contributed by atoms with Crippen LogP contribution < -0.4 is 5.32 Å². The number of rotatable bonds is 8. The topological polar surface area (TPSA) is 81.9 Å². The molecule has 1 saturated heterocycles. The molecule has 0 aliphatic carbocycles. The molecule has 1 aliphatic heterocycles. The molecule has 1 fully saturated rings. The second kappa shape index (κ2) is 9.86. The maximum Gasteiger partial charge on any atom is 0.234 e. The molecule has 1 atom stereocenters. The Labute approximate surface area is 180 Å². The van der Waals surface area contributed by atoms with Crippen LogP contribution in [-0.2, 0) is 22.5 Å². The van der Waals surface area contributed by atoms with Gasteiger partial charge in [0.1, 0.15) is 0 Å². The standard InChI is InChI=1S/C22H25N5O2S/c1-2-16-5-7-18(8-6-16)24-20(28)15-30-22-26-25-21(17-9-11-23-12-10-17)27(22)14-19-4-3-13-29-19/h5-12,19H,2-4,13-15H2,1H3,(H,24,28)/t19-/m0/s1. The number of amides is 1. The maximum atomic E-state index is 12.5. The molecule has 156 valence electrons. The molecule has 0 spiro atoms. The van der Waals surface area contributed by atoms with Crippen LogP contribution in [-0.4, -0.2) is 44.1 Å². The summed E-state index contributed by atoms with van der Waals surface area (Å²) in [5, 5.41) is 12.4. The normalized spacial score (nSPS) is 16.0. The molecule has 7 nitrogen and oxygen atoms in total. The molecule has 2 aromatic heterocycles. The highest BCUT2D eigenvalue weighted by Crippen LogP contribution is 2.26. The number of aryl methyl sites for hydroxylation is 1. The minimum Gasteiger partial charge on any atom is -0.376 e.